The van der Waals surface area contributed by atoms with Crippen molar-refractivity contribution in [2.75, 3.05) is 11.5 Å². The molecule has 1 aliphatic rings. The molecule has 6 rings (SSSR count). The van der Waals surface area contributed by atoms with Crippen LogP contribution >= 0.6 is 46.0 Å². The third-order valence-electron chi connectivity index (χ3n) is 6.93. The van der Waals surface area contributed by atoms with E-state index < -0.39 is 23.5 Å². The van der Waals surface area contributed by atoms with E-state index in [-0.39, 0.29) is 10.7 Å². The molecule has 8 nitrogen and oxygen atoms in total. The number of aliphatic hydroxyl groups is 1. The average Bonchev–Trinajstić information content (AvgIpc) is 3.81. The second kappa shape index (κ2) is 13.9. The topological polar surface area (TPSA) is 102 Å². The minimum Gasteiger partial charge on any atom is -0.503 e. The summed E-state index contributed by atoms with van der Waals surface area (Å²) < 4.78 is 12.6. The maximum atomic E-state index is 13.8. The zero-order chi connectivity index (χ0) is 31.3. The third-order valence-corrected chi connectivity index (χ3v) is 10.3. The van der Waals surface area contributed by atoms with Crippen molar-refractivity contribution in [3.63, 3.8) is 0 Å². The van der Waals surface area contributed by atoms with Gasteiger partial charge in [0.25, 0.3) is 5.91 Å². The molecule has 0 fully saturated rings. The Labute approximate surface area is 276 Å². The summed E-state index contributed by atoms with van der Waals surface area (Å²) in [6.07, 6.45) is 0. The van der Waals surface area contributed by atoms with Gasteiger partial charge in [-0.05, 0) is 53.3 Å². The van der Waals surface area contributed by atoms with E-state index in [4.69, 9.17) is 21.1 Å². The number of benzene rings is 3. The van der Waals surface area contributed by atoms with Gasteiger partial charge in [0.15, 0.2) is 21.6 Å². The van der Waals surface area contributed by atoms with Crippen LogP contribution in [-0.4, -0.2) is 33.6 Å². The van der Waals surface area contributed by atoms with Crippen molar-refractivity contribution in [1.29, 1.82) is 0 Å². The molecule has 0 saturated carbocycles. The number of thiophene rings is 1. The van der Waals surface area contributed by atoms with E-state index in [1.165, 1.54) is 39.3 Å². The number of aromatic nitrogens is 2. The Kier molecular flexibility index (Phi) is 9.50. The minimum absolute atomic E-state index is 0.0386. The van der Waals surface area contributed by atoms with Crippen molar-refractivity contribution in [2.24, 2.45) is 0 Å². The van der Waals surface area contributed by atoms with Gasteiger partial charge in [-0.2, -0.15) is 0 Å². The highest BCUT2D eigenvalue weighted by molar-refractivity contribution is 8.00. The number of ether oxygens (including phenoxy) is 2. The zero-order valence-corrected chi connectivity index (χ0v) is 27.1. The fourth-order valence-corrected chi connectivity index (χ4v) is 7.65. The summed E-state index contributed by atoms with van der Waals surface area (Å²) in [7, 11) is 0. The predicted molar refractivity (Wildman–Crippen MR) is 178 cm³/mol. The molecule has 1 unspecified atom stereocenters. The lowest BCUT2D eigenvalue weighted by Crippen LogP contribution is -2.31. The van der Waals surface area contributed by atoms with Crippen molar-refractivity contribution in [3.8, 4) is 11.5 Å². The molecule has 1 atom stereocenters. The molecular formula is C33H26ClN3O5S3. The number of aliphatic hydroxyl groups excluding tert-OH is 1. The Morgan fingerprint density at radius 2 is 1.80 bits per heavy atom. The molecule has 45 heavy (non-hydrogen) atoms. The summed E-state index contributed by atoms with van der Waals surface area (Å²) in [5, 5.41) is 22.4. The van der Waals surface area contributed by atoms with E-state index in [9.17, 15) is 14.7 Å². The van der Waals surface area contributed by atoms with E-state index in [2.05, 4.69) is 10.2 Å². The van der Waals surface area contributed by atoms with Crippen LogP contribution in [0.5, 0.6) is 11.5 Å². The van der Waals surface area contributed by atoms with Crippen LogP contribution in [0.4, 0.5) is 5.13 Å². The zero-order valence-electron chi connectivity index (χ0n) is 23.9. The SMILES string of the molecule is CCOc1cc(C2C(C(=O)c3cccs3)=C(O)C(=O)N2c2nnc(SCc3ccccc3Cl)s2)ccc1OCc1ccccc1. The lowest BCUT2D eigenvalue weighted by atomic mass is 9.95. The van der Waals surface area contributed by atoms with Crippen molar-refractivity contribution >= 4 is 62.9 Å². The number of hydrogen-bond acceptors (Lipinski definition) is 10. The Balaban J connectivity index is 1.35. The molecule has 1 amide bonds. The number of thioether (sulfide) groups is 1. The number of anilines is 1. The van der Waals surface area contributed by atoms with Crippen LogP contribution in [-0.2, 0) is 17.2 Å². The smallest absolute Gasteiger partial charge is 0.296 e. The summed E-state index contributed by atoms with van der Waals surface area (Å²) in [4.78, 5) is 29.2. The Morgan fingerprint density at radius 1 is 1.00 bits per heavy atom. The van der Waals surface area contributed by atoms with Crippen LogP contribution in [0.15, 0.2) is 106 Å². The fraction of sp³-hybridized carbons (Fsp3) is 0.152. The quantitative estimate of drug-likeness (QED) is 0.0801. The van der Waals surface area contributed by atoms with Crippen LogP contribution < -0.4 is 14.4 Å². The maximum absolute atomic E-state index is 13.8. The molecule has 12 heteroatoms. The van der Waals surface area contributed by atoms with Crippen molar-refractivity contribution in [3.05, 3.63) is 128 Å². The van der Waals surface area contributed by atoms with Crippen LogP contribution in [0.2, 0.25) is 5.02 Å². The van der Waals surface area contributed by atoms with Crippen LogP contribution in [0, 0.1) is 0 Å². The van der Waals surface area contributed by atoms with Gasteiger partial charge in [-0.1, -0.05) is 95.4 Å². The summed E-state index contributed by atoms with van der Waals surface area (Å²) >= 11 is 10.2. The van der Waals surface area contributed by atoms with Gasteiger partial charge in [-0.3, -0.25) is 14.5 Å². The maximum Gasteiger partial charge on any atom is 0.296 e. The molecule has 3 heterocycles. The van der Waals surface area contributed by atoms with Gasteiger partial charge < -0.3 is 14.6 Å². The first-order valence-electron chi connectivity index (χ1n) is 13.9. The standard InChI is InChI=1S/C33H26ClN3O5S3/c1-2-41-25-17-21(14-15-24(25)42-18-20-9-4-3-5-10-20)28-27(29(38)26-13-8-16-43-26)30(39)31(40)37(28)32-35-36-33(45-32)44-19-22-11-6-7-12-23(22)34/h3-17,28,39H,2,18-19H2,1H3. The highest BCUT2D eigenvalue weighted by Crippen LogP contribution is 2.46. The lowest BCUT2D eigenvalue weighted by Gasteiger charge is -2.25. The molecule has 1 N–H and O–H groups in total. The summed E-state index contributed by atoms with van der Waals surface area (Å²) in [5.41, 5.74) is 2.44. The van der Waals surface area contributed by atoms with Gasteiger partial charge in [-0.25, -0.2) is 0 Å². The second-order valence-corrected chi connectivity index (χ2v) is 13.3. The van der Waals surface area contributed by atoms with Gasteiger partial charge in [0.2, 0.25) is 10.9 Å². The molecule has 0 radical (unpaired) electrons. The summed E-state index contributed by atoms with van der Waals surface area (Å²) in [5.74, 6) is -0.292. The third kappa shape index (κ3) is 6.62. The van der Waals surface area contributed by atoms with Crippen molar-refractivity contribution in [1.82, 2.24) is 10.2 Å². The normalized spacial score (nSPS) is 14.7. The minimum atomic E-state index is -0.983. The van der Waals surface area contributed by atoms with Crippen LogP contribution in [0.25, 0.3) is 0 Å². The molecule has 3 aromatic carbocycles. The molecule has 1 aliphatic heterocycles. The Morgan fingerprint density at radius 3 is 2.56 bits per heavy atom. The highest BCUT2D eigenvalue weighted by Gasteiger charge is 2.46. The molecule has 0 saturated heterocycles. The van der Waals surface area contributed by atoms with Crippen LogP contribution in [0.1, 0.15) is 39.3 Å². The number of hydrogen-bond donors (Lipinski definition) is 1. The monoisotopic (exact) mass is 675 g/mol. The van der Waals surface area contributed by atoms with Gasteiger partial charge >= 0.3 is 0 Å². The first-order valence-corrected chi connectivity index (χ1v) is 17.0. The average molecular weight is 676 g/mol. The number of Topliss-reactive ketones (excluding diaryl/α,β-unsaturated/α-hetero) is 1. The summed E-state index contributed by atoms with van der Waals surface area (Å²) in [6.45, 7) is 2.55. The van der Waals surface area contributed by atoms with E-state index in [1.807, 2.05) is 61.5 Å². The number of carbonyl (C=O) groups is 2. The van der Waals surface area contributed by atoms with Gasteiger partial charge in [0.1, 0.15) is 6.61 Å². The first-order chi connectivity index (χ1) is 21.9. The number of nitrogens with zero attached hydrogens (tertiary/aromatic N) is 3. The van der Waals surface area contributed by atoms with E-state index in [1.54, 1.807) is 35.7 Å². The predicted octanol–water partition coefficient (Wildman–Crippen LogP) is 8.31. The molecule has 0 bridgehead atoms. The molecule has 2 aromatic heterocycles. The van der Waals surface area contributed by atoms with Gasteiger partial charge in [0.05, 0.1) is 23.1 Å². The second-order valence-electron chi connectivity index (χ2n) is 9.79. The largest absolute Gasteiger partial charge is 0.503 e. The fourth-order valence-electron chi connectivity index (χ4n) is 4.82. The first kappa shape index (κ1) is 30.8. The molecule has 228 valence electrons. The molecular weight excluding hydrogens is 650 g/mol. The van der Waals surface area contributed by atoms with E-state index in [0.717, 1.165) is 11.1 Å². The number of halogens is 1. The Bertz CT molecular complexity index is 1860. The van der Waals surface area contributed by atoms with E-state index >= 15 is 0 Å². The van der Waals surface area contributed by atoms with Gasteiger partial charge in [-0.15, -0.1) is 21.5 Å². The highest BCUT2D eigenvalue weighted by atomic mass is 35.5. The van der Waals surface area contributed by atoms with Crippen LogP contribution in [0.3, 0.4) is 0 Å². The number of amides is 1. The molecule has 0 aliphatic carbocycles. The summed E-state index contributed by atoms with van der Waals surface area (Å²) in [6, 6.07) is 25.0. The lowest BCUT2D eigenvalue weighted by molar-refractivity contribution is -0.117. The van der Waals surface area contributed by atoms with Crippen molar-refractivity contribution in [2.45, 2.75) is 29.7 Å². The molecule has 5 aromatic rings. The molecule has 0 spiro atoms. The number of ketones is 1. The van der Waals surface area contributed by atoms with Crippen molar-refractivity contribution < 1.29 is 24.2 Å². The van der Waals surface area contributed by atoms with Gasteiger partial charge in [0, 0.05) is 10.8 Å². The number of rotatable bonds is 12. The number of carbonyl (C=O) groups excluding carboxylic acids is 2. The Hall–Kier alpha value is -4.16. The van der Waals surface area contributed by atoms with E-state index in [0.29, 0.717) is 50.3 Å².